The van der Waals surface area contributed by atoms with Crippen molar-refractivity contribution in [2.24, 2.45) is 0 Å². The second-order valence-electron chi connectivity index (χ2n) is 5.30. The fourth-order valence-electron chi connectivity index (χ4n) is 1.86. The summed E-state index contributed by atoms with van der Waals surface area (Å²) in [6, 6.07) is 0. The summed E-state index contributed by atoms with van der Waals surface area (Å²) < 4.78 is 5.09. The molecule has 0 fully saturated rings. The molecule has 4 nitrogen and oxygen atoms in total. The van der Waals surface area contributed by atoms with Crippen molar-refractivity contribution in [1.29, 1.82) is 0 Å². The van der Waals surface area contributed by atoms with Gasteiger partial charge < -0.3 is 10.1 Å². The Morgan fingerprint density at radius 1 is 1.00 bits per heavy atom. The number of carbonyl (C=O) groups is 2. The third-order valence-corrected chi connectivity index (χ3v) is 3.31. The van der Waals surface area contributed by atoms with Gasteiger partial charge in [-0.3, -0.25) is 4.79 Å². The highest BCUT2D eigenvalue weighted by atomic mass is 16.5. The van der Waals surface area contributed by atoms with E-state index in [1.807, 2.05) is 0 Å². The molecule has 0 unspecified atom stereocenters. The van der Waals surface area contributed by atoms with E-state index in [0.29, 0.717) is 19.4 Å². The van der Waals surface area contributed by atoms with Gasteiger partial charge in [-0.2, -0.15) is 0 Å². The van der Waals surface area contributed by atoms with Gasteiger partial charge in [0, 0.05) is 19.5 Å². The Kier molecular flexibility index (Phi) is 13.3. The monoisotopic (exact) mass is 309 g/mol. The Morgan fingerprint density at radius 3 is 2.36 bits per heavy atom. The van der Waals surface area contributed by atoms with Crippen molar-refractivity contribution in [1.82, 2.24) is 5.32 Å². The molecular weight excluding hydrogens is 278 g/mol. The zero-order chi connectivity index (χ0) is 16.6. The molecule has 0 aliphatic rings. The first-order valence-electron chi connectivity index (χ1n) is 8.38. The number of unbranched alkanes of at least 4 members (excludes halogenated alkanes) is 4. The molecule has 1 amide bonds. The van der Waals surface area contributed by atoms with Gasteiger partial charge >= 0.3 is 5.97 Å². The molecule has 0 rings (SSSR count). The smallest absolute Gasteiger partial charge is 0.330 e. The van der Waals surface area contributed by atoms with E-state index in [4.69, 9.17) is 4.74 Å². The van der Waals surface area contributed by atoms with Crippen LogP contribution < -0.4 is 5.32 Å². The van der Waals surface area contributed by atoms with Crippen LogP contribution in [-0.4, -0.2) is 25.5 Å². The minimum absolute atomic E-state index is 0.0124. The Bertz CT molecular complexity index is 373. The molecule has 126 valence electrons. The van der Waals surface area contributed by atoms with E-state index in [-0.39, 0.29) is 11.9 Å². The van der Waals surface area contributed by atoms with Crippen LogP contribution in [0, 0.1) is 0 Å². The van der Waals surface area contributed by atoms with Gasteiger partial charge in [-0.25, -0.2) is 4.79 Å². The van der Waals surface area contributed by atoms with Crippen LogP contribution in [0.1, 0.15) is 65.2 Å². The summed E-state index contributed by atoms with van der Waals surface area (Å²) in [6.07, 6.45) is 12.8. The van der Waals surface area contributed by atoms with Crippen molar-refractivity contribution >= 4 is 11.9 Å². The molecule has 0 spiro atoms. The fraction of sp³-hybridized carbons (Fsp3) is 0.667. The molecule has 0 heterocycles. The van der Waals surface area contributed by atoms with Gasteiger partial charge in [0.15, 0.2) is 0 Å². The van der Waals surface area contributed by atoms with Crippen LogP contribution >= 0.6 is 0 Å². The fourth-order valence-corrected chi connectivity index (χ4v) is 1.86. The van der Waals surface area contributed by atoms with Crippen LogP contribution in [0.4, 0.5) is 0 Å². The Morgan fingerprint density at radius 2 is 1.73 bits per heavy atom. The number of hydrogen-bond acceptors (Lipinski definition) is 3. The molecule has 0 saturated heterocycles. The lowest BCUT2D eigenvalue weighted by molar-refractivity contribution is -0.137. The number of esters is 1. The van der Waals surface area contributed by atoms with E-state index in [0.717, 1.165) is 31.3 Å². The van der Waals surface area contributed by atoms with Gasteiger partial charge in [0.05, 0.1) is 6.61 Å². The van der Waals surface area contributed by atoms with E-state index in [9.17, 15) is 9.59 Å². The van der Waals surface area contributed by atoms with E-state index >= 15 is 0 Å². The Labute approximate surface area is 135 Å². The highest BCUT2D eigenvalue weighted by Crippen LogP contribution is 2.11. The van der Waals surface area contributed by atoms with Crippen LogP contribution in [0.5, 0.6) is 0 Å². The van der Waals surface area contributed by atoms with Gasteiger partial charge in [-0.1, -0.05) is 50.8 Å². The molecule has 1 N–H and O–H groups in total. The Hall–Kier alpha value is -1.58. The van der Waals surface area contributed by atoms with Gasteiger partial charge in [-0.05, 0) is 25.7 Å². The summed E-state index contributed by atoms with van der Waals surface area (Å²) in [7, 11) is 1.63. The first-order chi connectivity index (χ1) is 10.6. The van der Waals surface area contributed by atoms with Crippen molar-refractivity contribution in [2.45, 2.75) is 65.2 Å². The highest BCUT2D eigenvalue weighted by Gasteiger charge is 2.02. The number of nitrogens with one attached hydrogen (secondary N) is 1. The molecule has 4 heteroatoms. The maximum Gasteiger partial charge on any atom is 0.330 e. The minimum Gasteiger partial charge on any atom is -0.463 e. The molecule has 0 aromatic carbocycles. The van der Waals surface area contributed by atoms with Crippen LogP contribution in [0.25, 0.3) is 0 Å². The van der Waals surface area contributed by atoms with Crippen molar-refractivity contribution in [3.63, 3.8) is 0 Å². The lowest BCUT2D eigenvalue weighted by Crippen LogP contribution is -2.17. The third kappa shape index (κ3) is 12.2. The summed E-state index contributed by atoms with van der Waals surface area (Å²) in [4.78, 5) is 22.9. The van der Waals surface area contributed by atoms with Crippen molar-refractivity contribution in [3.8, 4) is 0 Å². The zero-order valence-electron chi connectivity index (χ0n) is 14.3. The molecule has 0 atom stereocenters. The van der Waals surface area contributed by atoms with Gasteiger partial charge in [-0.15, -0.1) is 0 Å². The van der Waals surface area contributed by atoms with Crippen molar-refractivity contribution < 1.29 is 14.3 Å². The van der Waals surface area contributed by atoms with Crippen molar-refractivity contribution in [3.05, 3.63) is 23.8 Å². The van der Waals surface area contributed by atoms with Crippen LogP contribution in [0.3, 0.4) is 0 Å². The second kappa shape index (κ2) is 14.4. The van der Waals surface area contributed by atoms with Gasteiger partial charge in [0.1, 0.15) is 0 Å². The predicted octanol–water partition coefficient (Wildman–Crippen LogP) is 3.92. The average molecular weight is 309 g/mol. The van der Waals surface area contributed by atoms with E-state index in [2.05, 4.69) is 25.2 Å². The van der Waals surface area contributed by atoms with E-state index in [1.54, 1.807) is 13.1 Å². The normalized spacial score (nSPS) is 11.7. The number of allylic oxidation sites excluding steroid dienone is 3. The SMILES string of the molecule is CCCCC/C=C(/C=C/C(=O)OCCCC)CCC(=O)NC. The number of hydrogen-bond donors (Lipinski definition) is 1. The number of ether oxygens (including phenoxy) is 1. The third-order valence-electron chi connectivity index (χ3n) is 3.31. The summed E-state index contributed by atoms with van der Waals surface area (Å²) in [5, 5.41) is 2.61. The molecular formula is C18H31NO3. The maximum absolute atomic E-state index is 11.6. The molecule has 0 aromatic heterocycles. The number of amides is 1. The summed E-state index contributed by atoms with van der Waals surface area (Å²) in [5.41, 5.74) is 1.02. The quantitative estimate of drug-likeness (QED) is 0.257. The lowest BCUT2D eigenvalue weighted by Gasteiger charge is -2.04. The molecule has 0 aliphatic carbocycles. The first kappa shape index (κ1) is 20.4. The van der Waals surface area contributed by atoms with Crippen LogP contribution in [0.2, 0.25) is 0 Å². The number of carbonyl (C=O) groups excluding carboxylic acids is 2. The van der Waals surface area contributed by atoms with E-state index in [1.165, 1.54) is 18.9 Å². The number of rotatable bonds is 12. The Balaban J connectivity index is 4.42. The summed E-state index contributed by atoms with van der Waals surface area (Å²) >= 11 is 0. The largest absolute Gasteiger partial charge is 0.463 e. The lowest BCUT2D eigenvalue weighted by atomic mass is 10.1. The van der Waals surface area contributed by atoms with Crippen molar-refractivity contribution in [2.75, 3.05) is 13.7 Å². The molecule has 0 radical (unpaired) electrons. The van der Waals surface area contributed by atoms with E-state index < -0.39 is 0 Å². The summed E-state index contributed by atoms with van der Waals surface area (Å²) in [5.74, 6) is -0.300. The maximum atomic E-state index is 11.6. The standard InChI is InChI=1S/C18H31NO3/c1-4-6-8-9-10-16(11-13-17(20)19-3)12-14-18(21)22-15-7-5-2/h10,12,14H,4-9,11,13,15H2,1-3H3,(H,19,20)/b14-12+,16-10+. The minimum atomic E-state index is -0.312. The summed E-state index contributed by atoms with van der Waals surface area (Å²) in [6.45, 7) is 4.69. The average Bonchev–Trinajstić information content (AvgIpc) is 2.53. The van der Waals surface area contributed by atoms with Gasteiger partial charge in [0.25, 0.3) is 0 Å². The highest BCUT2D eigenvalue weighted by molar-refractivity contribution is 5.82. The molecule has 0 bridgehead atoms. The topological polar surface area (TPSA) is 55.4 Å². The second-order valence-corrected chi connectivity index (χ2v) is 5.30. The molecule has 0 aliphatic heterocycles. The van der Waals surface area contributed by atoms with Crippen LogP contribution in [0.15, 0.2) is 23.8 Å². The van der Waals surface area contributed by atoms with Crippen LogP contribution in [-0.2, 0) is 14.3 Å². The molecule has 0 saturated carbocycles. The van der Waals surface area contributed by atoms with Gasteiger partial charge in [0.2, 0.25) is 5.91 Å². The molecule has 22 heavy (non-hydrogen) atoms. The zero-order valence-corrected chi connectivity index (χ0v) is 14.3. The predicted molar refractivity (Wildman–Crippen MR) is 90.5 cm³/mol. The first-order valence-corrected chi connectivity index (χ1v) is 8.38. The molecule has 0 aromatic rings.